The van der Waals surface area contributed by atoms with Crippen molar-refractivity contribution >= 4 is 33.9 Å². The predicted octanol–water partition coefficient (Wildman–Crippen LogP) is 6.63. The van der Waals surface area contributed by atoms with E-state index >= 15 is 4.39 Å². The number of carbonyl (C=O) groups is 1. The molecule has 1 aliphatic rings. The average molecular weight is 603 g/mol. The monoisotopic (exact) mass is 601 g/mol. The lowest BCUT2D eigenvalue weighted by molar-refractivity contribution is -0.190. The Morgan fingerprint density at radius 3 is 2.50 bits per heavy atom. The molecule has 3 aromatic rings. The number of hydrogen-bond acceptors (Lipinski definition) is 5. The fourth-order valence-electron chi connectivity index (χ4n) is 4.70. The second-order valence-corrected chi connectivity index (χ2v) is 10.1. The number of aryl methyl sites for hydroxylation is 1. The van der Waals surface area contributed by atoms with Gasteiger partial charge in [-0.05, 0) is 68.1 Å². The van der Waals surface area contributed by atoms with E-state index in [2.05, 4.69) is 20.9 Å². The number of ether oxygens (including phenoxy) is 1. The summed E-state index contributed by atoms with van der Waals surface area (Å²) in [7, 11) is 0. The summed E-state index contributed by atoms with van der Waals surface area (Å²) in [6.45, 7) is 5.70. The highest BCUT2D eigenvalue weighted by atomic mass is 79.9. The lowest BCUT2D eigenvalue weighted by atomic mass is 9.88. The van der Waals surface area contributed by atoms with E-state index in [0.29, 0.717) is 51.1 Å². The van der Waals surface area contributed by atoms with Crippen LogP contribution in [0.25, 0.3) is 0 Å². The number of aromatic nitrogens is 1. The topological polar surface area (TPSA) is 86.5 Å². The van der Waals surface area contributed by atoms with Crippen LogP contribution < -0.4 is 0 Å². The van der Waals surface area contributed by atoms with Gasteiger partial charge in [-0.15, -0.1) is 0 Å². The molecule has 4 rings (SSSR count). The normalized spacial score (nSPS) is 18.1. The highest BCUT2D eigenvalue weighted by Gasteiger charge is 2.48. The number of aliphatic hydroxyl groups excluding tert-OH is 1. The molecule has 1 aliphatic carbocycles. The second-order valence-electron chi connectivity index (χ2n) is 8.77. The maximum absolute atomic E-state index is 15.9. The molecule has 0 saturated heterocycles. The van der Waals surface area contributed by atoms with E-state index in [4.69, 9.17) is 21.6 Å². The van der Waals surface area contributed by atoms with Gasteiger partial charge in [-0.3, -0.25) is 9.78 Å². The molecule has 1 heterocycles. The van der Waals surface area contributed by atoms with Gasteiger partial charge in [0.2, 0.25) is 6.41 Å². The minimum Gasteiger partial charge on any atom is -0.390 e. The van der Waals surface area contributed by atoms with Gasteiger partial charge in [-0.1, -0.05) is 53.5 Å². The molecule has 3 atom stereocenters. The van der Waals surface area contributed by atoms with Crippen molar-refractivity contribution in [3.63, 3.8) is 0 Å². The number of carbonyl (C=O) groups excluding carboxylic acids is 1. The molecule has 38 heavy (non-hydrogen) atoms. The quantitative estimate of drug-likeness (QED) is 0.231. The maximum atomic E-state index is 15.9. The first-order valence-corrected chi connectivity index (χ1v) is 13.6. The fraction of sp³-hybridized carbons (Fsp3) is 0.345. The molecule has 200 valence electrons. The molecule has 1 aromatic heterocycles. The summed E-state index contributed by atoms with van der Waals surface area (Å²) < 4.78 is 23.1. The van der Waals surface area contributed by atoms with Gasteiger partial charge in [-0.25, -0.2) is 4.39 Å². The summed E-state index contributed by atoms with van der Waals surface area (Å²) in [6, 6.07) is 15.0. The molecule has 0 aliphatic heterocycles. The first kappa shape index (κ1) is 29.7. The first-order valence-electron chi connectivity index (χ1n) is 12.4. The number of nitriles is 1. The molecule has 0 bridgehead atoms. The predicted molar refractivity (Wildman–Crippen MR) is 148 cm³/mol. The number of amides is 1. The third-order valence-corrected chi connectivity index (χ3v) is 7.09. The van der Waals surface area contributed by atoms with E-state index in [9.17, 15) is 9.90 Å². The van der Waals surface area contributed by atoms with Crippen LogP contribution in [0.4, 0.5) is 4.39 Å². The zero-order valence-corrected chi connectivity index (χ0v) is 23.8. The summed E-state index contributed by atoms with van der Waals surface area (Å²) >= 11 is 9.52. The van der Waals surface area contributed by atoms with Crippen LogP contribution >= 0.6 is 27.5 Å². The van der Waals surface area contributed by atoms with E-state index < -0.39 is 23.8 Å². The van der Waals surface area contributed by atoms with Crippen molar-refractivity contribution in [1.29, 1.82) is 5.26 Å². The Labute approximate surface area is 236 Å². The van der Waals surface area contributed by atoms with Gasteiger partial charge >= 0.3 is 0 Å². The average Bonchev–Trinajstić information content (AvgIpc) is 3.32. The van der Waals surface area contributed by atoms with Crippen LogP contribution in [0.2, 0.25) is 5.02 Å². The molecule has 1 fully saturated rings. The van der Waals surface area contributed by atoms with E-state index in [1.807, 2.05) is 19.9 Å². The zero-order chi connectivity index (χ0) is 27.9. The van der Waals surface area contributed by atoms with Crippen LogP contribution in [0.3, 0.4) is 0 Å². The Bertz CT molecular complexity index is 1260. The Morgan fingerprint density at radius 2 is 1.97 bits per heavy atom. The van der Waals surface area contributed by atoms with E-state index in [1.165, 1.54) is 17.2 Å². The zero-order valence-electron chi connectivity index (χ0n) is 21.5. The molecular weight excluding hydrogens is 573 g/mol. The van der Waals surface area contributed by atoms with Crippen molar-refractivity contribution in [1.82, 2.24) is 9.88 Å². The Hall–Kier alpha value is -2.83. The van der Waals surface area contributed by atoms with E-state index in [-0.39, 0.29) is 12.1 Å². The number of hydrogen-bond donors (Lipinski definition) is 1. The second kappa shape index (κ2) is 13.3. The third kappa shape index (κ3) is 6.24. The molecule has 0 radical (unpaired) electrons. The van der Waals surface area contributed by atoms with Crippen molar-refractivity contribution in [2.45, 2.75) is 64.5 Å². The summed E-state index contributed by atoms with van der Waals surface area (Å²) in [5.74, 6) is -0.580. The molecule has 3 unspecified atom stereocenters. The minimum atomic E-state index is -1.74. The number of aliphatic hydroxyl groups is 1. The third-order valence-electron chi connectivity index (χ3n) is 6.38. The number of benzene rings is 2. The largest absolute Gasteiger partial charge is 0.390 e. The van der Waals surface area contributed by atoms with Crippen molar-refractivity contribution in [2.75, 3.05) is 0 Å². The van der Waals surface area contributed by atoms with Crippen molar-refractivity contribution in [3.05, 3.63) is 98.0 Å². The van der Waals surface area contributed by atoms with Crippen LogP contribution in [-0.4, -0.2) is 33.6 Å². The van der Waals surface area contributed by atoms with Gasteiger partial charge in [0.1, 0.15) is 11.9 Å². The molecule has 2 aromatic carbocycles. The number of halogens is 3. The molecule has 0 spiro atoms. The summed E-state index contributed by atoms with van der Waals surface area (Å²) in [4.78, 5) is 18.4. The Morgan fingerprint density at radius 1 is 1.26 bits per heavy atom. The molecule has 1 N–H and O–H groups in total. The van der Waals surface area contributed by atoms with Gasteiger partial charge < -0.3 is 14.7 Å². The van der Waals surface area contributed by atoms with Gasteiger partial charge in [0.05, 0.1) is 30.0 Å². The summed E-state index contributed by atoms with van der Waals surface area (Å²) in [5, 5.41) is 20.3. The standard InChI is InChI=1S/C27H24BrClFN3O3.C2H6/c1-17-11-20(28)12-23(30)26(17)27(19-6-8-21(29)9-7-19,36-25-4-2-3-24(25)35)33(16-34)15-22-10-5-18(13-31)14-32-22;1-2/h5-12,14,16,24-25,35H,2-4,15H2,1H3;1-2H3. The molecule has 1 amide bonds. The van der Waals surface area contributed by atoms with Gasteiger partial charge in [0.15, 0.2) is 5.72 Å². The SMILES string of the molecule is CC.Cc1cc(Br)cc(F)c1C(OC1CCCC1O)(c1ccc(Cl)cc1)N(C=O)Cc1ccc(C#N)cn1. The molecule has 1 saturated carbocycles. The number of nitrogens with zero attached hydrogens (tertiary/aromatic N) is 3. The molecule has 6 nitrogen and oxygen atoms in total. The van der Waals surface area contributed by atoms with E-state index in [1.54, 1.807) is 49.4 Å². The maximum Gasteiger partial charge on any atom is 0.212 e. The van der Waals surface area contributed by atoms with Crippen molar-refractivity contribution in [2.24, 2.45) is 0 Å². The highest BCUT2D eigenvalue weighted by molar-refractivity contribution is 9.10. The first-order chi connectivity index (χ1) is 18.3. The van der Waals surface area contributed by atoms with Gasteiger partial charge in [0, 0.05) is 26.8 Å². The Kier molecular flexibility index (Phi) is 10.4. The fourth-order valence-corrected chi connectivity index (χ4v) is 5.37. The lowest BCUT2D eigenvalue weighted by Gasteiger charge is -2.45. The summed E-state index contributed by atoms with van der Waals surface area (Å²) in [5.41, 5.74) is 0.269. The molecular formula is C29H30BrClFN3O3. The van der Waals surface area contributed by atoms with Crippen LogP contribution in [-0.2, 0) is 21.8 Å². The van der Waals surface area contributed by atoms with Crippen LogP contribution in [0.5, 0.6) is 0 Å². The highest BCUT2D eigenvalue weighted by Crippen LogP contribution is 2.44. The van der Waals surface area contributed by atoms with E-state index in [0.717, 1.165) is 6.42 Å². The lowest BCUT2D eigenvalue weighted by Crippen LogP contribution is -2.52. The smallest absolute Gasteiger partial charge is 0.212 e. The molecule has 9 heteroatoms. The Balaban J connectivity index is 0.00000195. The van der Waals surface area contributed by atoms with Crippen molar-refractivity contribution in [3.8, 4) is 6.07 Å². The van der Waals surface area contributed by atoms with Gasteiger partial charge in [-0.2, -0.15) is 5.26 Å². The van der Waals surface area contributed by atoms with Gasteiger partial charge in [0.25, 0.3) is 0 Å². The van der Waals surface area contributed by atoms with Crippen LogP contribution in [0.1, 0.15) is 61.1 Å². The van der Waals surface area contributed by atoms with Crippen molar-refractivity contribution < 1.29 is 19.0 Å². The summed E-state index contributed by atoms with van der Waals surface area (Å²) in [6.07, 6.45) is 2.43. The minimum absolute atomic E-state index is 0.0460. The van der Waals surface area contributed by atoms with Crippen LogP contribution in [0, 0.1) is 24.1 Å². The number of pyridine rings is 1. The number of rotatable bonds is 8. The van der Waals surface area contributed by atoms with Crippen LogP contribution in [0.15, 0.2) is 59.2 Å².